The van der Waals surface area contributed by atoms with Crippen LogP contribution in [0.3, 0.4) is 0 Å². The van der Waals surface area contributed by atoms with Crippen molar-refractivity contribution in [1.82, 2.24) is 6.15 Å². The Morgan fingerprint density at radius 2 is 1.33 bits per heavy atom. The third-order valence-corrected chi connectivity index (χ3v) is 0. The van der Waals surface area contributed by atoms with Gasteiger partial charge in [-0.15, -0.1) is 0 Å². The van der Waals surface area contributed by atoms with Crippen LogP contribution in [-0.4, -0.2) is 16.4 Å². The highest BCUT2D eigenvalue weighted by Gasteiger charge is 1.70. The molecule has 0 saturated carbocycles. The second-order valence-electron chi connectivity index (χ2n) is 0.621. The lowest BCUT2D eigenvalue weighted by molar-refractivity contribution is 0.137. The minimum atomic E-state index is -1.83. The Kier molecular flexibility index (Phi) is 17.3. The van der Waals surface area contributed by atoms with Gasteiger partial charge in [0.15, 0.2) is 0 Å². The molecule has 0 heterocycles. The molecule has 0 aliphatic carbocycles. The zero-order chi connectivity index (χ0) is 7.15. The van der Waals surface area contributed by atoms with Crippen molar-refractivity contribution >= 4 is 6.16 Å². The van der Waals surface area contributed by atoms with Gasteiger partial charge in [-0.05, 0) is 6.58 Å². The standard InChI is InChI=1S/C2H2F2.CH2O3.H3N/c1-2(3)4;2-1(3)4;/h1H2;(H2,2,3,4);1H3. The first-order chi connectivity index (χ1) is 3.46. The summed E-state index contributed by atoms with van der Waals surface area (Å²) in [5.41, 5.74) is 0. The van der Waals surface area contributed by atoms with E-state index in [1.807, 2.05) is 0 Å². The first kappa shape index (κ1) is 15.7. The smallest absolute Gasteiger partial charge is 0.450 e. The van der Waals surface area contributed by atoms with Crippen LogP contribution in [0, 0.1) is 0 Å². The van der Waals surface area contributed by atoms with E-state index in [1.165, 1.54) is 0 Å². The van der Waals surface area contributed by atoms with E-state index in [4.69, 9.17) is 15.0 Å². The molecule has 0 aromatic heterocycles. The van der Waals surface area contributed by atoms with Gasteiger partial charge in [0.2, 0.25) is 0 Å². The molecule has 4 nitrogen and oxygen atoms in total. The Labute approximate surface area is 50.0 Å². The van der Waals surface area contributed by atoms with Crippen LogP contribution < -0.4 is 6.15 Å². The number of carbonyl (C=O) groups is 1. The van der Waals surface area contributed by atoms with Gasteiger partial charge in [0.05, 0.1) is 0 Å². The molecule has 0 rings (SSSR count). The lowest BCUT2D eigenvalue weighted by Crippen LogP contribution is -1.81. The molecule has 0 aromatic rings. The van der Waals surface area contributed by atoms with Crippen LogP contribution in [-0.2, 0) is 0 Å². The van der Waals surface area contributed by atoms with E-state index in [-0.39, 0.29) is 6.15 Å². The minimum absolute atomic E-state index is 0. The van der Waals surface area contributed by atoms with Crippen molar-refractivity contribution in [1.29, 1.82) is 0 Å². The molecule has 0 aliphatic rings. The zero-order valence-corrected chi connectivity index (χ0v) is 4.47. The molecule has 0 atom stereocenters. The monoisotopic (exact) mass is 143 g/mol. The van der Waals surface area contributed by atoms with Crippen LogP contribution in [0.5, 0.6) is 0 Å². The highest BCUT2D eigenvalue weighted by Crippen LogP contribution is 1.85. The van der Waals surface area contributed by atoms with Gasteiger partial charge in [-0.3, -0.25) is 0 Å². The van der Waals surface area contributed by atoms with E-state index in [0.29, 0.717) is 0 Å². The summed E-state index contributed by atoms with van der Waals surface area (Å²) in [6, 6.07) is 0. The first-order valence-electron chi connectivity index (χ1n) is 1.38. The van der Waals surface area contributed by atoms with Crippen LogP contribution in [0.1, 0.15) is 0 Å². The van der Waals surface area contributed by atoms with Crippen LogP contribution >= 0.6 is 0 Å². The quantitative estimate of drug-likeness (QED) is 0.481. The number of hydrogen-bond acceptors (Lipinski definition) is 2. The summed E-state index contributed by atoms with van der Waals surface area (Å²) in [7, 11) is 0. The Hall–Kier alpha value is -1.17. The van der Waals surface area contributed by atoms with Crippen LogP contribution in [0.2, 0.25) is 0 Å². The molecule has 0 radical (unpaired) electrons. The minimum Gasteiger partial charge on any atom is -0.450 e. The zero-order valence-electron chi connectivity index (χ0n) is 4.47. The van der Waals surface area contributed by atoms with Gasteiger partial charge < -0.3 is 16.4 Å². The van der Waals surface area contributed by atoms with E-state index in [1.54, 1.807) is 0 Å². The predicted octanol–water partition coefficient (Wildman–Crippen LogP) is 1.78. The molecule has 0 saturated heterocycles. The molecular formula is C3H7F2NO3. The van der Waals surface area contributed by atoms with Crippen molar-refractivity contribution < 1.29 is 23.8 Å². The average Bonchev–Trinajstić information content (AvgIpc) is 1.25. The summed E-state index contributed by atoms with van der Waals surface area (Å²) in [5, 5.41) is 13.9. The van der Waals surface area contributed by atoms with Crippen LogP contribution in [0.4, 0.5) is 13.6 Å². The summed E-state index contributed by atoms with van der Waals surface area (Å²) in [5.74, 6) is 0. The molecule has 0 spiro atoms. The molecule has 0 aliphatic heterocycles. The molecule has 0 bridgehead atoms. The number of halogens is 2. The summed E-state index contributed by atoms with van der Waals surface area (Å²) < 4.78 is 20.3. The SMILES string of the molecule is C=C(F)F.N.O=C(O)O. The van der Waals surface area contributed by atoms with Crippen LogP contribution in [0.15, 0.2) is 12.7 Å². The van der Waals surface area contributed by atoms with Crippen molar-refractivity contribution in [2.24, 2.45) is 0 Å². The topological polar surface area (TPSA) is 92.5 Å². The molecule has 0 unspecified atom stereocenters. The lowest BCUT2D eigenvalue weighted by atomic mass is 11.2. The van der Waals surface area contributed by atoms with Crippen molar-refractivity contribution in [3.8, 4) is 0 Å². The maximum Gasteiger partial charge on any atom is 0.503 e. The normalized spacial score (nSPS) is 5.56. The van der Waals surface area contributed by atoms with Crippen molar-refractivity contribution in [3.63, 3.8) is 0 Å². The average molecular weight is 143 g/mol. The first-order valence-corrected chi connectivity index (χ1v) is 1.38. The predicted molar refractivity (Wildman–Crippen MR) is 27.0 cm³/mol. The fourth-order valence-electron chi connectivity index (χ4n) is 0. The van der Waals surface area contributed by atoms with E-state index in [0.717, 1.165) is 0 Å². The van der Waals surface area contributed by atoms with Gasteiger partial charge in [0.25, 0.3) is 6.08 Å². The van der Waals surface area contributed by atoms with E-state index < -0.39 is 12.2 Å². The second-order valence-corrected chi connectivity index (χ2v) is 0.621. The fraction of sp³-hybridized carbons (Fsp3) is 0. The highest BCUT2D eigenvalue weighted by molar-refractivity contribution is 5.53. The largest absolute Gasteiger partial charge is 0.503 e. The third-order valence-electron chi connectivity index (χ3n) is 0. The molecular weight excluding hydrogens is 136 g/mol. The maximum atomic E-state index is 10.1. The molecule has 0 aromatic carbocycles. The Balaban J connectivity index is -0.0000000720. The third kappa shape index (κ3) is 116. The van der Waals surface area contributed by atoms with E-state index >= 15 is 0 Å². The Morgan fingerprint density at radius 3 is 1.33 bits per heavy atom. The van der Waals surface area contributed by atoms with Gasteiger partial charge in [0.1, 0.15) is 0 Å². The molecule has 5 N–H and O–H groups in total. The van der Waals surface area contributed by atoms with E-state index in [9.17, 15) is 8.78 Å². The molecule has 0 amide bonds. The van der Waals surface area contributed by atoms with Crippen molar-refractivity contribution in [3.05, 3.63) is 12.7 Å². The summed E-state index contributed by atoms with van der Waals surface area (Å²) in [6.07, 6.45) is -3.67. The summed E-state index contributed by atoms with van der Waals surface area (Å²) in [4.78, 5) is 8.56. The molecule has 56 valence electrons. The molecule has 0 fully saturated rings. The highest BCUT2D eigenvalue weighted by atomic mass is 19.3. The maximum absolute atomic E-state index is 10.1. The summed E-state index contributed by atoms with van der Waals surface area (Å²) in [6.45, 7) is 2.22. The van der Waals surface area contributed by atoms with Gasteiger partial charge in [-0.1, -0.05) is 0 Å². The molecule has 6 heteroatoms. The number of carboxylic acid groups (broad SMARTS) is 2. The van der Waals surface area contributed by atoms with Crippen molar-refractivity contribution in [2.75, 3.05) is 0 Å². The number of hydrogen-bond donors (Lipinski definition) is 3. The van der Waals surface area contributed by atoms with E-state index in [2.05, 4.69) is 6.58 Å². The summed E-state index contributed by atoms with van der Waals surface area (Å²) >= 11 is 0. The van der Waals surface area contributed by atoms with Gasteiger partial charge >= 0.3 is 6.16 Å². The van der Waals surface area contributed by atoms with Gasteiger partial charge in [-0.2, -0.15) is 8.78 Å². The Morgan fingerprint density at radius 1 is 1.33 bits per heavy atom. The van der Waals surface area contributed by atoms with Crippen LogP contribution in [0.25, 0.3) is 0 Å². The van der Waals surface area contributed by atoms with Crippen molar-refractivity contribution in [2.45, 2.75) is 0 Å². The van der Waals surface area contributed by atoms with Gasteiger partial charge in [-0.25, -0.2) is 4.79 Å². The molecule has 9 heavy (non-hydrogen) atoms. The lowest BCUT2D eigenvalue weighted by Gasteiger charge is -1.60. The second kappa shape index (κ2) is 9.95. The van der Waals surface area contributed by atoms with Gasteiger partial charge in [0, 0.05) is 0 Å². The Bertz CT molecular complexity index is 75.1. The fourth-order valence-corrected chi connectivity index (χ4v) is 0. The number of rotatable bonds is 0.